The third-order valence-corrected chi connectivity index (χ3v) is 4.33. The minimum atomic E-state index is -0.515. The number of nitrogens with one attached hydrogen (secondary N) is 1. The van der Waals surface area contributed by atoms with Crippen molar-refractivity contribution in [3.8, 4) is 11.1 Å². The highest BCUT2D eigenvalue weighted by Gasteiger charge is 2.32. The average molecular weight is 363 g/mol. The molecule has 2 aromatic rings. The molecule has 2 heterocycles. The van der Waals surface area contributed by atoms with Crippen LogP contribution in [0.4, 0.5) is 0 Å². The summed E-state index contributed by atoms with van der Waals surface area (Å²) in [5.41, 5.74) is 3.71. The average Bonchev–Trinajstić information content (AvgIpc) is 2.63. The predicted octanol–water partition coefficient (Wildman–Crippen LogP) is 2.87. The van der Waals surface area contributed by atoms with Crippen LogP contribution in [0.1, 0.15) is 11.1 Å². The highest BCUT2D eigenvalue weighted by molar-refractivity contribution is 7.80. The van der Waals surface area contributed by atoms with Gasteiger partial charge in [0.15, 0.2) is 5.11 Å². The van der Waals surface area contributed by atoms with Gasteiger partial charge >= 0.3 is 0 Å². The summed E-state index contributed by atoms with van der Waals surface area (Å²) in [5.74, 6) is -0.962. The number of hydrogen-bond donors (Lipinski definition) is 1. The van der Waals surface area contributed by atoms with Crippen molar-refractivity contribution in [2.75, 3.05) is 6.54 Å². The van der Waals surface area contributed by atoms with Gasteiger partial charge in [-0.25, -0.2) is 0 Å². The van der Waals surface area contributed by atoms with Gasteiger partial charge in [0.2, 0.25) is 0 Å². The summed E-state index contributed by atoms with van der Waals surface area (Å²) in [6.45, 7) is 5.86. The summed E-state index contributed by atoms with van der Waals surface area (Å²) in [6.07, 6.45) is 6.42. The van der Waals surface area contributed by atoms with Gasteiger partial charge in [0, 0.05) is 24.5 Å². The Bertz CT molecular complexity index is 932. The third kappa shape index (κ3) is 3.45. The molecule has 1 aromatic heterocycles. The van der Waals surface area contributed by atoms with Crippen LogP contribution in [0.5, 0.6) is 0 Å². The lowest BCUT2D eigenvalue weighted by Crippen LogP contribution is -2.53. The zero-order valence-corrected chi connectivity index (χ0v) is 15.0. The number of rotatable bonds is 4. The maximum Gasteiger partial charge on any atom is 0.265 e. The molecule has 0 atom stereocenters. The van der Waals surface area contributed by atoms with E-state index < -0.39 is 11.8 Å². The van der Waals surface area contributed by atoms with Crippen molar-refractivity contribution in [1.82, 2.24) is 15.2 Å². The van der Waals surface area contributed by atoms with E-state index in [2.05, 4.69) is 16.9 Å². The first-order valence-electron chi connectivity index (χ1n) is 8.02. The molecular formula is C20H17N3O2S. The quantitative estimate of drug-likeness (QED) is 0.393. The molecule has 2 amide bonds. The SMILES string of the molecule is C=CCN1C(=O)/C(=C/c2cnccc2-c2ccc(C)cc2)C(=O)NC1=S. The lowest BCUT2D eigenvalue weighted by atomic mass is 9.98. The predicted molar refractivity (Wildman–Crippen MR) is 105 cm³/mol. The molecule has 0 spiro atoms. The van der Waals surface area contributed by atoms with Crippen LogP contribution in [0.15, 0.2) is 61.0 Å². The van der Waals surface area contributed by atoms with Gasteiger partial charge in [0.1, 0.15) is 5.57 Å². The van der Waals surface area contributed by atoms with Crippen LogP contribution >= 0.6 is 12.2 Å². The molecule has 130 valence electrons. The Morgan fingerprint density at radius 2 is 1.96 bits per heavy atom. The van der Waals surface area contributed by atoms with E-state index in [1.54, 1.807) is 24.5 Å². The third-order valence-electron chi connectivity index (χ3n) is 4.01. The van der Waals surface area contributed by atoms with Crippen LogP contribution in [0.2, 0.25) is 0 Å². The number of aromatic nitrogens is 1. The van der Waals surface area contributed by atoms with Crippen molar-refractivity contribution >= 4 is 35.2 Å². The number of carbonyl (C=O) groups is 2. The number of pyridine rings is 1. The van der Waals surface area contributed by atoms with Crippen LogP contribution < -0.4 is 5.32 Å². The number of amides is 2. The van der Waals surface area contributed by atoms with Crippen molar-refractivity contribution < 1.29 is 9.59 Å². The van der Waals surface area contributed by atoms with Crippen molar-refractivity contribution in [3.63, 3.8) is 0 Å². The van der Waals surface area contributed by atoms with Crippen molar-refractivity contribution in [3.05, 3.63) is 72.1 Å². The van der Waals surface area contributed by atoms with Crippen LogP contribution in [-0.2, 0) is 9.59 Å². The molecule has 0 unspecified atom stereocenters. The Labute approximate surface area is 157 Å². The second-order valence-corrected chi connectivity index (χ2v) is 6.24. The molecule has 5 nitrogen and oxygen atoms in total. The molecule has 1 saturated heterocycles. The Morgan fingerprint density at radius 1 is 1.23 bits per heavy atom. The van der Waals surface area contributed by atoms with Crippen molar-refractivity contribution in [2.24, 2.45) is 0 Å². The maximum atomic E-state index is 12.7. The second-order valence-electron chi connectivity index (χ2n) is 5.85. The number of hydrogen-bond acceptors (Lipinski definition) is 4. The van der Waals surface area contributed by atoms with E-state index in [9.17, 15) is 9.59 Å². The highest BCUT2D eigenvalue weighted by Crippen LogP contribution is 2.26. The van der Waals surface area contributed by atoms with Crippen molar-refractivity contribution in [2.45, 2.75) is 6.92 Å². The first-order chi connectivity index (χ1) is 12.5. The molecule has 1 aliphatic heterocycles. The first kappa shape index (κ1) is 17.7. The largest absolute Gasteiger partial charge is 0.298 e. The monoisotopic (exact) mass is 363 g/mol. The molecule has 3 rings (SSSR count). The lowest BCUT2D eigenvalue weighted by Gasteiger charge is -2.27. The normalized spacial score (nSPS) is 16.0. The van der Waals surface area contributed by atoms with Gasteiger partial charge in [-0.05, 0) is 42.4 Å². The van der Waals surface area contributed by atoms with Gasteiger partial charge in [0.25, 0.3) is 11.8 Å². The molecule has 6 heteroatoms. The Hall–Kier alpha value is -3.12. The van der Waals surface area contributed by atoms with E-state index in [0.717, 1.165) is 16.7 Å². The molecule has 0 saturated carbocycles. The summed E-state index contributed by atoms with van der Waals surface area (Å²) >= 11 is 5.06. The van der Waals surface area contributed by atoms with E-state index in [1.165, 1.54) is 4.90 Å². The molecule has 26 heavy (non-hydrogen) atoms. The summed E-state index contributed by atoms with van der Waals surface area (Å²) in [7, 11) is 0. The Kier molecular flexibility index (Phi) is 5.04. The minimum absolute atomic E-state index is 0.0156. The standard InChI is InChI=1S/C20H17N3O2S/c1-3-10-23-19(25)17(18(24)22-20(23)26)11-15-12-21-9-8-16(15)14-6-4-13(2)5-7-14/h3-9,11-12H,1,10H2,2H3,(H,22,24,26)/b17-11+. The minimum Gasteiger partial charge on any atom is -0.298 e. The second kappa shape index (κ2) is 7.41. The van der Waals surface area contributed by atoms with E-state index in [0.29, 0.717) is 5.56 Å². The van der Waals surface area contributed by atoms with Gasteiger partial charge in [-0.3, -0.25) is 24.8 Å². The molecule has 0 aliphatic carbocycles. The van der Waals surface area contributed by atoms with E-state index in [4.69, 9.17) is 12.2 Å². The molecule has 1 aliphatic rings. The lowest BCUT2D eigenvalue weighted by molar-refractivity contribution is -0.128. The van der Waals surface area contributed by atoms with Crippen LogP contribution in [-0.4, -0.2) is 33.4 Å². The Balaban J connectivity index is 2.05. The first-order valence-corrected chi connectivity index (χ1v) is 8.43. The van der Waals surface area contributed by atoms with Gasteiger partial charge in [-0.15, -0.1) is 6.58 Å². The fraction of sp³-hybridized carbons (Fsp3) is 0.100. The molecule has 1 N–H and O–H groups in total. The molecule has 0 radical (unpaired) electrons. The van der Waals surface area contributed by atoms with Gasteiger partial charge in [-0.2, -0.15) is 0 Å². The topological polar surface area (TPSA) is 62.3 Å². The van der Waals surface area contributed by atoms with Crippen molar-refractivity contribution in [1.29, 1.82) is 0 Å². The number of benzene rings is 1. The summed E-state index contributed by atoms with van der Waals surface area (Å²) in [5, 5.41) is 2.63. The van der Waals surface area contributed by atoms with Crippen LogP contribution in [0.25, 0.3) is 17.2 Å². The molecule has 1 aromatic carbocycles. The molecule has 1 fully saturated rings. The summed E-state index contributed by atoms with van der Waals surface area (Å²) in [4.78, 5) is 30.4. The fourth-order valence-electron chi connectivity index (χ4n) is 2.66. The zero-order valence-electron chi connectivity index (χ0n) is 14.2. The Morgan fingerprint density at radius 3 is 2.65 bits per heavy atom. The number of carbonyl (C=O) groups excluding carboxylic acids is 2. The van der Waals surface area contributed by atoms with E-state index in [1.807, 2.05) is 37.3 Å². The highest BCUT2D eigenvalue weighted by atomic mass is 32.1. The maximum absolute atomic E-state index is 12.7. The number of nitrogens with zero attached hydrogens (tertiary/aromatic N) is 2. The van der Waals surface area contributed by atoms with Gasteiger partial charge < -0.3 is 0 Å². The summed E-state index contributed by atoms with van der Waals surface area (Å²) < 4.78 is 0. The van der Waals surface area contributed by atoms with E-state index >= 15 is 0 Å². The smallest absolute Gasteiger partial charge is 0.265 e. The van der Waals surface area contributed by atoms with Crippen LogP contribution in [0, 0.1) is 6.92 Å². The van der Waals surface area contributed by atoms with Crippen LogP contribution in [0.3, 0.4) is 0 Å². The zero-order chi connectivity index (χ0) is 18.7. The number of aryl methyl sites for hydroxylation is 1. The fourth-order valence-corrected chi connectivity index (χ4v) is 2.91. The van der Waals surface area contributed by atoms with Gasteiger partial charge in [0.05, 0.1) is 0 Å². The summed E-state index contributed by atoms with van der Waals surface area (Å²) in [6, 6.07) is 9.86. The van der Waals surface area contributed by atoms with Gasteiger partial charge in [-0.1, -0.05) is 35.9 Å². The van der Waals surface area contributed by atoms with E-state index in [-0.39, 0.29) is 17.2 Å². The molecule has 0 bridgehead atoms. The molecular weight excluding hydrogens is 346 g/mol. The number of thiocarbonyl (C=S) groups is 1.